The average Bonchev–Trinajstić information content (AvgIpc) is 3.55. The Morgan fingerprint density at radius 1 is 0.417 bits per heavy atom. The zero-order chi connectivity index (χ0) is 33.6. The van der Waals surface area contributed by atoms with Gasteiger partial charge in [-0.25, -0.2) is 0 Å². The molecule has 0 aliphatic heterocycles. The van der Waals surface area contributed by atoms with Crippen molar-refractivity contribution in [2.75, 3.05) is 0 Å². The van der Waals surface area contributed by atoms with Crippen LogP contribution in [0.5, 0.6) is 0 Å². The van der Waals surface area contributed by atoms with E-state index in [4.69, 9.17) is 0 Å². The van der Waals surface area contributed by atoms with Gasteiger partial charge in [0.1, 0.15) is 0 Å². The lowest BCUT2D eigenvalue weighted by Crippen LogP contribution is -2.43. The number of benzene rings is 4. The Hall–Kier alpha value is -3.10. The van der Waals surface area contributed by atoms with Gasteiger partial charge in [-0.05, 0) is 81.1 Å². The second-order valence-electron chi connectivity index (χ2n) is 15.1. The van der Waals surface area contributed by atoms with Crippen LogP contribution >= 0.6 is 0 Å². The molecule has 0 saturated heterocycles. The molecule has 48 heavy (non-hydrogen) atoms. The van der Waals surface area contributed by atoms with Gasteiger partial charge in [-0.1, -0.05) is 190 Å². The van der Waals surface area contributed by atoms with Crippen LogP contribution in [0.15, 0.2) is 84.9 Å². The fourth-order valence-electron chi connectivity index (χ4n) is 9.51. The predicted molar refractivity (Wildman–Crippen MR) is 209 cm³/mol. The number of hydrogen-bond donors (Lipinski definition) is 1. The average molecular weight is 639 g/mol. The van der Waals surface area contributed by atoms with Crippen LogP contribution in [0.1, 0.15) is 153 Å². The fraction of sp³-hybridized carbons (Fsp3) is 0.478. The molecule has 0 radical (unpaired) electrons. The van der Waals surface area contributed by atoms with Crippen LogP contribution in [0.4, 0.5) is 0 Å². The molecule has 0 heterocycles. The van der Waals surface area contributed by atoms with Gasteiger partial charge in [0.05, 0.1) is 0 Å². The van der Waals surface area contributed by atoms with Crippen molar-refractivity contribution in [2.45, 2.75) is 141 Å². The van der Waals surface area contributed by atoms with Crippen LogP contribution in [0.2, 0.25) is 0 Å². The number of unbranched alkanes of at least 4 members (excludes halogenated alkanes) is 8. The smallest absolute Gasteiger partial charge is 0.358 e. The van der Waals surface area contributed by atoms with E-state index >= 15 is 0 Å². The quantitative estimate of drug-likeness (QED) is 0.0849. The van der Waals surface area contributed by atoms with Crippen LogP contribution in [0.25, 0.3) is 22.3 Å². The van der Waals surface area contributed by atoms with E-state index in [1.54, 1.807) is 0 Å². The van der Waals surface area contributed by atoms with Crippen molar-refractivity contribution < 1.29 is 5.02 Å². The van der Waals surface area contributed by atoms with E-state index in [2.05, 4.69) is 113 Å². The summed E-state index contributed by atoms with van der Waals surface area (Å²) in [5.74, 6) is 0. The summed E-state index contributed by atoms with van der Waals surface area (Å²) in [6.07, 6.45) is 19.7. The number of hydrogen-bond acceptors (Lipinski definition) is 1. The van der Waals surface area contributed by atoms with E-state index in [1.807, 2.05) is 0 Å². The molecule has 2 heteroatoms. The van der Waals surface area contributed by atoms with Crippen molar-refractivity contribution in [3.63, 3.8) is 0 Å². The predicted octanol–water partition coefficient (Wildman–Crippen LogP) is 11.6. The van der Waals surface area contributed by atoms with Gasteiger partial charge in [-0.3, -0.25) is 0 Å². The summed E-state index contributed by atoms with van der Waals surface area (Å²) in [6, 6.07) is 32.3. The third kappa shape index (κ3) is 6.35. The molecule has 0 fully saturated rings. The molecule has 1 nitrogen and oxygen atoms in total. The van der Waals surface area contributed by atoms with Crippen LogP contribution in [-0.2, 0) is 10.8 Å². The lowest BCUT2D eigenvalue weighted by molar-refractivity contribution is 0.405. The number of rotatable bonds is 18. The highest BCUT2D eigenvalue weighted by Crippen LogP contribution is 2.55. The van der Waals surface area contributed by atoms with Gasteiger partial charge < -0.3 is 5.02 Å². The van der Waals surface area contributed by atoms with Crippen molar-refractivity contribution in [2.24, 2.45) is 0 Å². The van der Waals surface area contributed by atoms with E-state index in [-0.39, 0.29) is 10.8 Å². The van der Waals surface area contributed by atoms with Crippen LogP contribution in [0, 0.1) is 0 Å². The summed E-state index contributed by atoms with van der Waals surface area (Å²) in [7, 11) is 0. The maximum atomic E-state index is 12.3. The highest BCUT2D eigenvalue weighted by atomic mass is 16.2. The fourth-order valence-corrected chi connectivity index (χ4v) is 9.51. The molecule has 4 aromatic rings. The van der Waals surface area contributed by atoms with Gasteiger partial charge in [0.15, 0.2) is 0 Å². The summed E-state index contributed by atoms with van der Waals surface area (Å²) < 4.78 is 0. The van der Waals surface area contributed by atoms with Gasteiger partial charge in [0, 0.05) is 10.8 Å². The molecule has 4 aromatic carbocycles. The Morgan fingerprint density at radius 2 is 0.750 bits per heavy atom. The Morgan fingerprint density at radius 3 is 1.10 bits per heavy atom. The van der Waals surface area contributed by atoms with Crippen molar-refractivity contribution in [3.05, 3.63) is 107 Å². The maximum Gasteiger partial charge on any atom is 0.358 e. The number of fused-ring (bicyclic) bond motifs is 6. The zero-order valence-corrected chi connectivity index (χ0v) is 30.4. The molecule has 0 saturated carbocycles. The Labute approximate surface area is 292 Å². The Bertz CT molecular complexity index is 1520. The van der Waals surface area contributed by atoms with E-state index in [0.717, 1.165) is 10.9 Å². The molecule has 2 aliphatic carbocycles. The van der Waals surface area contributed by atoms with Crippen molar-refractivity contribution in [3.8, 4) is 22.3 Å². The summed E-state index contributed by atoms with van der Waals surface area (Å²) in [5.41, 5.74) is 13.6. The zero-order valence-electron chi connectivity index (χ0n) is 30.4. The topological polar surface area (TPSA) is 20.2 Å². The van der Waals surface area contributed by atoms with Crippen LogP contribution < -0.4 is 10.9 Å². The first-order chi connectivity index (χ1) is 23.5. The second kappa shape index (κ2) is 15.6. The minimum Gasteiger partial charge on any atom is -0.443 e. The van der Waals surface area contributed by atoms with Crippen molar-refractivity contribution >= 4 is 17.8 Å². The van der Waals surface area contributed by atoms with Gasteiger partial charge in [-0.2, -0.15) is 0 Å². The molecule has 0 unspecified atom stereocenters. The highest BCUT2D eigenvalue weighted by Gasteiger charge is 2.44. The van der Waals surface area contributed by atoms with Gasteiger partial charge in [-0.15, -0.1) is 0 Å². The summed E-state index contributed by atoms with van der Waals surface area (Å²) in [5, 5.41) is 12.3. The molecule has 0 aromatic heterocycles. The molecule has 0 bridgehead atoms. The third-order valence-electron chi connectivity index (χ3n) is 12.0. The molecular weight excluding hydrogens is 579 g/mol. The lowest BCUT2D eigenvalue weighted by Gasteiger charge is -2.33. The van der Waals surface area contributed by atoms with E-state index in [0.29, 0.717) is 0 Å². The summed E-state index contributed by atoms with van der Waals surface area (Å²) in [6.45, 7) is 8.59. The molecule has 0 atom stereocenters. The first kappa shape index (κ1) is 34.8. The van der Waals surface area contributed by atoms with Crippen molar-refractivity contribution in [1.82, 2.24) is 0 Å². The lowest BCUT2D eigenvalue weighted by atomic mass is 9.54. The maximum absolute atomic E-state index is 12.3. The molecule has 0 spiro atoms. The van der Waals surface area contributed by atoms with E-state index in [1.165, 1.54) is 147 Å². The first-order valence-corrected chi connectivity index (χ1v) is 19.7. The van der Waals surface area contributed by atoms with Gasteiger partial charge in [0.25, 0.3) is 0 Å². The molecule has 6 rings (SSSR count). The summed E-state index contributed by atoms with van der Waals surface area (Å²) in [4.78, 5) is 0. The Balaban J connectivity index is 1.42. The minimum absolute atomic E-state index is 0.0271. The largest absolute Gasteiger partial charge is 0.443 e. The first-order valence-electron chi connectivity index (χ1n) is 19.7. The summed E-state index contributed by atoms with van der Waals surface area (Å²) >= 11 is 0. The normalized spacial score (nSPS) is 14.8. The third-order valence-corrected chi connectivity index (χ3v) is 12.0. The molecular formula is C46H59BO. The van der Waals surface area contributed by atoms with Crippen LogP contribution in [-0.4, -0.2) is 11.9 Å². The highest BCUT2D eigenvalue weighted by molar-refractivity contribution is 6.79. The SMILES string of the molecule is CCCCCC1(CCCCC)c2ccccc2-c2ccc(B(O)c3ccc4c(c3)C(CCCCC)(CCCCC)c3ccccc3-4)cc21. The van der Waals surface area contributed by atoms with Gasteiger partial charge >= 0.3 is 6.92 Å². The molecule has 0 amide bonds. The van der Waals surface area contributed by atoms with Crippen molar-refractivity contribution in [1.29, 1.82) is 0 Å². The van der Waals surface area contributed by atoms with E-state index in [9.17, 15) is 5.02 Å². The minimum atomic E-state index is -0.652. The van der Waals surface area contributed by atoms with E-state index < -0.39 is 6.92 Å². The standard InChI is InChI=1S/C46H59BO/c1-5-9-17-29-45(30-18-10-6-2)41-23-15-13-21-37(41)39-27-25-35(33-43(39)45)47(48)36-26-28-40-38-22-14-16-24-42(38)46(44(40)34-36,31-19-11-7-3)32-20-12-8-4/h13-16,21-28,33-34,48H,5-12,17-20,29-32H2,1-4H3. The van der Waals surface area contributed by atoms with Crippen LogP contribution in [0.3, 0.4) is 0 Å². The Kier molecular flexibility index (Phi) is 11.3. The molecule has 1 N–H and O–H groups in total. The second-order valence-corrected chi connectivity index (χ2v) is 15.1. The molecule has 2 aliphatic rings. The molecule has 252 valence electrons. The van der Waals surface area contributed by atoms with Gasteiger partial charge in [0.2, 0.25) is 0 Å². The monoisotopic (exact) mass is 638 g/mol.